The van der Waals surface area contributed by atoms with Gasteiger partial charge in [0.25, 0.3) is 0 Å². The normalized spacial score (nSPS) is 10.5. The molecule has 1 aromatic carbocycles. The summed E-state index contributed by atoms with van der Waals surface area (Å²) < 4.78 is 22.7. The Balaban J connectivity index is 3.15. The van der Waals surface area contributed by atoms with Gasteiger partial charge < -0.3 is 5.11 Å². The van der Waals surface area contributed by atoms with Crippen LogP contribution in [0.4, 0.5) is 0 Å². The monoisotopic (exact) mass is 224 g/mol. The molecule has 1 aromatic rings. The molecule has 0 saturated heterocycles. The molecule has 15 heavy (non-hydrogen) atoms. The Morgan fingerprint density at radius 3 is 2.60 bits per heavy atom. The average molecular weight is 224 g/mol. The molecule has 1 rings (SSSR count). The van der Waals surface area contributed by atoms with Crippen molar-refractivity contribution in [1.82, 2.24) is 0 Å². The van der Waals surface area contributed by atoms with Crippen LogP contribution in [-0.4, -0.2) is 26.4 Å². The fourth-order valence-corrected chi connectivity index (χ4v) is 1.95. The molecule has 0 aliphatic heterocycles. The molecule has 0 saturated carbocycles. The summed E-state index contributed by atoms with van der Waals surface area (Å²) in [7, 11) is -3.24. The first kappa shape index (κ1) is 11.8. The molecule has 0 unspecified atom stereocenters. The number of rotatable bonds is 2. The molecule has 0 fully saturated rings. The maximum absolute atomic E-state index is 11.4. The molecule has 4 heteroatoms. The minimum absolute atomic E-state index is 0.0198. The first-order chi connectivity index (χ1) is 7.05. The molecule has 1 N–H and O–H groups in total. The largest absolute Gasteiger partial charge is 0.395 e. The summed E-state index contributed by atoms with van der Waals surface area (Å²) in [6, 6.07) is 6.57. The topological polar surface area (TPSA) is 54.4 Å². The number of hydrogen-bond donors (Lipinski definition) is 1. The van der Waals surface area contributed by atoms with Gasteiger partial charge >= 0.3 is 0 Å². The first-order valence-electron chi connectivity index (χ1n) is 4.44. The molecule has 0 bridgehead atoms. The van der Waals surface area contributed by atoms with Crippen LogP contribution in [-0.2, 0) is 9.84 Å². The van der Waals surface area contributed by atoms with E-state index in [1.807, 2.05) is 0 Å². The van der Waals surface area contributed by atoms with Crippen LogP contribution in [0.15, 0.2) is 29.2 Å². The lowest BCUT2D eigenvalue weighted by molar-refractivity contribution is 0.305. The quantitative estimate of drug-likeness (QED) is 0.757. The van der Waals surface area contributed by atoms with Crippen molar-refractivity contribution in [2.24, 2.45) is 0 Å². The van der Waals surface area contributed by atoms with E-state index in [2.05, 4.69) is 11.8 Å². The summed E-state index contributed by atoms with van der Waals surface area (Å²) >= 11 is 0. The lowest BCUT2D eigenvalue weighted by Gasteiger charge is -2.00. The number of sulfone groups is 1. The van der Waals surface area contributed by atoms with Gasteiger partial charge in [-0.2, -0.15) is 0 Å². The smallest absolute Gasteiger partial charge is 0.176 e. The van der Waals surface area contributed by atoms with Crippen molar-refractivity contribution >= 4 is 9.84 Å². The second-order valence-electron chi connectivity index (χ2n) is 3.04. The third-order valence-electron chi connectivity index (χ3n) is 1.75. The van der Waals surface area contributed by atoms with Gasteiger partial charge in [0.05, 0.1) is 11.5 Å². The second-order valence-corrected chi connectivity index (χ2v) is 5.03. The third-order valence-corrected chi connectivity index (χ3v) is 2.90. The van der Waals surface area contributed by atoms with Gasteiger partial charge in [0, 0.05) is 18.2 Å². The highest BCUT2D eigenvalue weighted by Gasteiger charge is 2.10. The van der Waals surface area contributed by atoms with Crippen LogP contribution in [0.25, 0.3) is 0 Å². The Labute approximate surface area is 89.7 Å². The van der Waals surface area contributed by atoms with Crippen molar-refractivity contribution in [3.63, 3.8) is 0 Å². The second kappa shape index (κ2) is 4.96. The molecule has 0 aromatic heterocycles. The summed E-state index contributed by atoms with van der Waals surface area (Å²) in [4.78, 5) is 0.232. The first-order valence-corrected chi connectivity index (χ1v) is 6.33. The zero-order chi connectivity index (χ0) is 11.3. The van der Waals surface area contributed by atoms with Crippen molar-refractivity contribution < 1.29 is 13.5 Å². The van der Waals surface area contributed by atoms with Gasteiger partial charge in [-0.15, -0.1) is 0 Å². The van der Waals surface area contributed by atoms with E-state index in [-0.39, 0.29) is 11.5 Å². The Kier molecular flexibility index (Phi) is 3.89. The van der Waals surface area contributed by atoms with Gasteiger partial charge in [-0.25, -0.2) is 8.42 Å². The molecule has 0 radical (unpaired) electrons. The SMILES string of the molecule is CS(=O)(=O)c1ccccc1C#CCCO. The van der Waals surface area contributed by atoms with Crippen molar-refractivity contribution in [1.29, 1.82) is 0 Å². The van der Waals surface area contributed by atoms with Gasteiger partial charge in [0.15, 0.2) is 9.84 Å². The van der Waals surface area contributed by atoms with E-state index in [1.54, 1.807) is 18.2 Å². The van der Waals surface area contributed by atoms with Gasteiger partial charge in [-0.1, -0.05) is 24.0 Å². The van der Waals surface area contributed by atoms with Gasteiger partial charge in [0.1, 0.15) is 0 Å². The van der Waals surface area contributed by atoms with Crippen molar-refractivity contribution in [3.05, 3.63) is 29.8 Å². The van der Waals surface area contributed by atoms with Gasteiger partial charge in [0.2, 0.25) is 0 Å². The number of aliphatic hydroxyl groups is 1. The zero-order valence-electron chi connectivity index (χ0n) is 8.40. The minimum Gasteiger partial charge on any atom is -0.395 e. The van der Waals surface area contributed by atoms with Crippen molar-refractivity contribution in [2.75, 3.05) is 12.9 Å². The predicted molar refractivity (Wildman–Crippen MR) is 58.1 cm³/mol. The van der Waals surface area contributed by atoms with E-state index in [9.17, 15) is 8.42 Å². The Hall–Kier alpha value is -1.31. The molecular weight excluding hydrogens is 212 g/mol. The van der Waals surface area contributed by atoms with Gasteiger partial charge in [-0.05, 0) is 12.1 Å². The standard InChI is InChI=1S/C11H12O3S/c1-15(13,14)11-8-3-2-6-10(11)7-4-5-9-12/h2-3,6,8,12H,5,9H2,1H3. The fraction of sp³-hybridized carbons (Fsp3) is 0.273. The highest BCUT2D eigenvalue weighted by Crippen LogP contribution is 2.13. The molecule has 80 valence electrons. The van der Waals surface area contributed by atoms with Crippen LogP contribution in [0.3, 0.4) is 0 Å². The van der Waals surface area contributed by atoms with Crippen LogP contribution >= 0.6 is 0 Å². The van der Waals surface area contributed by atoms with Crippen LogP contribution in [0.1, 0.15) is 12.0 Å². The number of aliphatic hydroxyl groups excluding tert-OH is 1. The van der Waals surface area contributed by atoms with E-state index in [0.717, 1.165) is 6.26 Å². The van der Waals surface area contributed by atoms with Gasteiger partial charge in [-0.3, -0.25) is 0 Å². The van der Waals surface area contributed by atoms with Crippen LogP contribution in [0.5, 0.6) is 0 Å². The van der Waals surface area contributed by atoms with Crippen LogP contribution in [0, 0.1) is 11.8 Å². The average Bonchev–Trinajstić information content (AvgIpc) is 2.17. The highest BCUT2D eigenvalue weighted by atomic mass is 32.2. The molecule has 0 heterocycles. The van der Waals surface area contributed by atoms with E-state index in [1.165, 1.54) is 6.07 Å². The van der Waals surface area contributed by atoms with E-state index in [0.29, 0.717) is 12.0 Å². The molecule has 0 spiro atoms. The lowest BCUT2D eigenvalue weighted by atomic mass is 10.2. The summed E-state index contributed by atoms with van der Waals surface area (Å²) in [6.45, 7) is -0.0198. The Bertz CT molecular complexity index is 492. The molecule has 3 nitrogen and oxygen atoms in total. The summed E-state index contributed by atoms with van der Waals surface area (Å²) in [5, 5.41) is 8.55. The maximum Gasteiger partial charge on any atom is 0.176 e. The van der Waals surface area contributed by atoms with Crippen molar-refractivity contribution in [3.8, 4) is 11.8 Å². The summed E-state index contributed by atoms with van der Waals surface area (Å²) in [6.07, 6.45) is 1.50. The van der Waals surface area contributed by atoms with Crippen LogP contribution < -0.4 is 0 Å². The number of benzene rings is 1. The zero-order valence-corrected chi connectivity index (χ0v) is 9.21. The Morgan fingerprint density at radius 2 is 2.00 bits per heavy atom. The molecule has 0 aliphatic rings. The molecule has 0 amide bonds. The summed E-state index contributed by atoms with van der Waals surface area (Å²) in [5.74, 6) is 5.43. The van der Waals surface area contributed by atoms with E-state index >= 15 is 0 Å². The molecule has 0 aliphatic carbocycles. The fourth-order valence-electron chi connectivity index (χ4n) is 1.11. The predicted octanol–water partition coefficient (Wildman–Crippen LogP) is 0.824. The minimum atomic E-state index is -3.24. The van der Waals surface area contributed by atoms with Crippen molar-refractivity contribution in [2.45, 2.75) is 11.3 Å². The summed E-state index contributed by atoms with van der Waals surface area (Å²) in [5.41, 5.74) is 0.480. The Morgan fingerprint density at radius 1 is 1.33 bits per heavy atom. The maximum atomic E-state index is 11.4. The number of hydrogen-bond acceptors (Lipinski definition) is 3. The third kappa shape index (κ3) is 3.39. The molecular formula is C11H12O3S. The van der Waals surface area contributed by atoms with Crippen LogP contribution in [0.2, 0.25) is 0 Å². The van der Waals surface area contributed by atoms with E-state index < -0.39 is 9.84 Å². The highest BCUT2D eigenvalue weighted by molar-refractivity contribution is 7.90. The molecule has 0 atom stereocenters. The lowest BCUT2D eigenvalue weighted by Crippen LogP contribution is -1.99. The van der Waals surface area contributed by atoms with E-state index in [4.69, 9.17) is 5.11 Å².